The van der Waals surface area contributed by atoms with Crippen molar-refractivity contribution >= 4 is 37.8 Å². The molecule has 0 N–H and O–H groups in total. The van der Waals surface area contributed by atoms with Gasteiger partial charge >= 0.3 is 0 Å². The van der Waals surface area contributed by atoms with Gasteiger partial charge < -0.3 is 4.52 Å². The fourth-order valence-electron chi connectivity index (χ4n) is 0.778. The first kappa shape index (κ1) is 9.34. The van der Waals surface area contributed by atoms with Crippen LogP contribution in [0.4, 0.5) is 8.78 Å². The summed E-state index contributed by atoms with van der Waals surface area (Å²) in [7, 11) is -0.409. The molecular formula is C8H6F2IOP. The summed E-state index contributed by atoms with van der Waals surface area (Å²) in [6.07, 6.45) is 0. The molecule has 0 aliphatic carbocycles. The van der Waals surface area contributed by atoms with Crippen LogP contribution < -0.4 is 4.52 Å². The lowest BCUT2D eigenvalue weighted by Crippen LogP contribution is -1.79. The van der Waals surface area contributed by atoms with Gasteiger partial charge in [-0.3, -0.25) is 0 Å². The lowest BCUT2D eigenvalue weighted by atomic mass is 10.2. The van der Waals surface area contributed by atoms with Gasteiger partial charge in [-0.1, -0.05) is 0 Å². The van der Waals surface area contributed by atoms with Gasteiger partial charge in [0.15, 0.2) is 9.66 Å². The zero-order valence-corrected chi connectivity index (χ0v) is 9.51. The van der Waals surface area contributed by atoms with E-state index in [0.29, 0.717) is 5.75 Å². The number of halogens is 3. The standard InChI is InChI=1S/C8H6F2IOP/c9-7(8(10)11)5-1-3-6(12-13)4-2-5/h1-4H,13H2/b8-7-/i13T. The van der Waals surface area contributed by atoms with Crippen molar-refractivity contribution < 1.29 is 13.3 Å². The highest BCUT2D eigenvalue weighted by molar-refractivity contribution is 14.1. The third-order valence-corrected chi connectivity index (χ3v) is 2.10. The molecule has 0 aliphatic rings. The van der Waals surface area contributed by atoms with Crippen LogP contribution in [0.15, 0.2) is 28.1 Å². The van der Waals surface area contributed by atoms with E-state index in [4.69, 9.17) is 5.80 Å². The Kier molecular flexibility index (Phi) is 3.49. The average Bonchev–Trinajstić information content (AvgIpc) is 2.18. The molecule has 13 heavy (non-hydrogen) atoms. The Labute approximate surface area is 91.9 Å². The van der Waals surface area contributed by atoms with Crippen LogP contribution in [0.1, 0.15) is 5.56 Å². The average molecular weight is 316 g/mol. The molecule has 1 aromatic carbocycles. The van der Waals surface area contributed by atoms with Crippen molar-refractivity contribution in [3.63, 3.8) is 0 Å². The second-order valence-corrected chi connectivity index (χ2v) is 3.35. The van der Waals surface area contributed by atoms with Crippen molar-refractivity contribution in [2.75, 3.05) is 0 Å². The molecule has 0 aromatic heterocycles. The predicted octanol–water partition coefficient (Wildman–Crippen LogP) is 3.86. The zero-order valence-electron chi connectivity index (χ0n) is 7.35. The molecule has 0 heterocycles. The summed E-state index contributed by atoms with van der Waals surface area (Å²) >= 11 is 1.28. The minimum absolute atomic E-state index is 0.164. The highest BCUT2D eigenvalue weighted by Crippen LogP contribution is 2.26. The number of hydrogen-bond acceptors (Lipinski definition) is 1. The highest BCUT2D eigenvalue weighted by Gasteiger charge is 2.05. The van der Waals surface area contributed by atoms with E-state index >= 15 is 0 Å². The highest BCUT2D eigenvalue weighted by atomic mass is 127. The van der Waals surface area contributed by atoms with Crippen molar-refractivity contribution in [1.29, 1.82) is 1.28 Å². The molecule has 0 saturated heterocycles. The summed E-state index contributed by atoms with van der Waals surface area (Å²) < 4.78 is 36.2. The normalized spacial score (nSPS) is 14.2. The zero-order chi connectivity index (χ0) is 10.6. The van der Waals surface area contributed by atoms with E-state index in [1.807, 2.05) is 0 Å². The molecule has 0 bridgehead atoms. The summed E-state index contributed by atoms with van der Waals surface area (Å²) in [5.74, 6) is -0.408. The van der Waals surface area contributed by atoms with Gasteiger partial charge in [-0.25, -0.2) is 4.39 Å². The van der Waals surface area contributed by atoms with Gasteiger partial charge in [0.1, 0.15) is 5.75 Å². The third-order valence-electron chi connectivity index (χ3n) is 1.39. The molecule has 0 fully saturated rings. The van der Waals surface area contributed by atoms with E-state index < -0.39 is 19.1 Å². The molecule has 70 valence electrons. The summed E-state index contributed by atoms with van der Waals surface area (Å²) in [5, 5.41) is 0. The maximum atomic E-state index is 13.0. The molecule has 1 rings (SSSR count). The maximum absolute atomic E-state index is 13.0. The largest absolute Gasteiger partial charge is 0.480 e. The topological polar surface area (TPSA) is 9.23 Å². The molecule has 0 saturated carbocycles. The molecule has 1 unspecified atom stereocenters. The fourth-order valence-corrected chi connectivity index (χ4v) is 1.23. The second kappa shape index (κ2) is 4.86. The van der Waals surface area contributed by atoms with Gasteiger partial charge in [-0.05, 0) is 46.9 Å². The summed E-state index contributed by atoms with van der Waals surface area (Å²) in [5.41, 5.74) is 0.164. The van der Waals surface area contributed by atoms with Crippen LogP contribution in [0.5, 0.6) is 5.75 Å². The van der Waals surface area contributed by atoms with Crippen LogP contribution in [-0.4, -0.2) is 1.28 Å². The molecule has 0 spiro atoms. The molecule has 0 radical (unpaired) electrons. The van der Waals surface area contributed by atoms with Crippen LogP contribution in [0.3, 0.4) is 0 Å². The summed E-state index contributed by atoms with van der Waals surface area (Å²) in [4.78, 5) is 0. The lowest BCUT2D eigenvalue weighted by molar-refractivity contribution is 0.644. The van der Waals surface area contributed by atoms with Crippen LogP contribution in [0.2, 0.25) is 0 Å². The first-order valence-corrected chi connectivity index (χ1v) is 4.78. The van der Waals surface area contributed by atoms with Crippen molar-refractivity contribution in [2.24, 2.45) is 0 Å². The first-order valence-electron chi connectivity index (χ1n) is 3.80. The van der Waals surface area contributed by atoms with Crippen molar-refractivity contribution in [3.8, 4) is 5.75 Å². The Morgan fingerprint density at radius 3 is 2.46 bits per heavy atom. The fraction of sp³-hybridized carbons (Fsp3) is 0. The van der Waals surface area contributed by atoms with E-state index in [2.05, 4.69) is 0 Å². The molecule has 5 heteroatoms. The molecule has 0 aliphatic heterocycles. The van der Waals surface area contributed by atoms with E-state index in [-0.39, 0.29) is 5.56 Å². The molecule has 0 amide bonds. The van der Waals surface area contributed by atoms with E-state index in [1.54, 1.807) is 0 Å². The van der Waals surface area contributed by atoms with Gasteiger partial charge in [-0.15, -0.1) is 0 Å². The van der Waals surface area contributed by atoms with Gasteiger partial charge in [0.05, 0.1) is 10.7 Å². The van der Waals surface area contributed by atoms with Gasteiger partial charge in [0, 0.05) is 5.56 Å². The Hall–Kier alpha value is -0.220. The van der Waals surface area contributed by atoms with Gasteiger partial charge in [-0.2, -0.15) is 4.39 Å². The van der Waals surface area contributed by atoms with E-state index in [0.717, 1.165) is 0 Å². The predicted molar refractivity (Wildman–Crippen MR) is 59.9 cm³/mol. The summed E-state index contributed by atoms with van der Waals surface area (Å²) in [6, 6.07) is 5.80. The maximum Gasteiger partial charge on any atom is 0.196 e. The molecule has 1 nitrogen and oxygen atoms in total. The quantitative estimate of drug-likeness (QED) is 0.608. The summed E-state index contributed by atoms with van der Waals surface area (Å²) in [6.45, 7) is 0. The van der Waals surface area contributed by atoms with Gasteiger partial charge in [0.2, 0.25) is 0 Å². The van der Waals surface area contributed by atoms with Crippen LogP contribution in [0.25, 0.3) is 5.83 Å². The number of benzene rings is 1. The van der Waals surface area contributed by atoms with Crippen molar-refractivity contribution in [2.45, 2.75) is 0 Å². The minimum atomic E-state index is -0.884. The molecular weight excluding hydrogens is 308 g/mol. The number of rotatable bonds is 3. The van der Waals surface area contributed by atoms with Crippen molar-refractivity contribution in [3.05, 3.63) is 33.7 Å². The van der Waals surface area contributed by atoms with Gasteiger partial charge in [0.25, 0.3) is 0 Å². The molecule has 1 aromatic rings. The lowest BCUT2D eigenvalue weighted by Gasteiger charge is -2.00. The Morgan fingerprint density at radius 1 is 1.38 bits per heavy atom. The molecule has 1 atom stereocenters. The first-order chi connectivity index (χ1) is 6.65. The van der Waals surface area contributed by atoms with Crippen LogP contribution in [-0.2, 0) is 0 Å². The SMILES string of the molecule is [3H]POc1ccc(/C(F)=C(\F)I)cc1. The monoisotopic (exact) mass is 316 g/mol. The Bertz CT molecular complexity index is 338. The number of hydrogen-bond donors (Lipinski definition) is 0. The Morgan fingerprint density at radius 2 is 2.00 bits per heavy atom. The minimum Gasteiger partial charge on any atom is -0.480 e. The van der Waals surface area contributed by atoms with Crippen LogP contribution in [0, 0.1) is 0 Å². The van der Waals surface area contributed by atoms with Crippen molar-refractivity contribution in [1.82, 2.24) is 0 Å². The van der Waals surface area contributed by atoms with E-state index in [1.165, 1.54) is 46.9 Å². The van der Waals surface area contributed by atoms with Crippen LogP contribution >= 0.6 is 32.0 Å². The Balaban J connectivity index is 2.89. The second-order valence-electron chi connectivity index (χ2n) is 2.20. The van der Waals surface area contributed by atoms with E-state index in [9.17, 15) is 8.78 Å². The smallest absolute Gasteiger partial charge is 0.196 e. The third kappa shape index (κ3) is 2.88.